The lowest BCUT2D eigenvalue weighted by Gasteiger charge is -1.97. The molecule has 38 heavy (non-hydrogen) atoms. The van der Waals surface area contributed by atoms with Crippen molar-refractivity contribution < 1.29 is 0 Å². The van der Waals surface area contributed by atoms with Crippen molar-refractivity contribution in [1.29, 1.82) is 0 Å². The largest absolute Gasteiger partial charge is 0.152 e. The van der Waals surface area contributed by atoms with E-state index >= 15 is 0 Å². The van der Waals surface area contributed by atoms with E-state index in [0.717, 1.165) is 31.6 Å². The first kappa shape index (κ1) is 49.7. The average Bonchev–Trinajstić information content (AvgIpc) is 3.41. The SMILES string of the molecule is C/C=C\CC.C=C(C)CC.C=C(C)CCC/C=C(/C)CC.C=CCC.CC.CC/C=C/S.CC1CCCC1. The normalized spacial score (nSPS) is 11.9. The zero-order valence-electron chi connectivity index (χ0n) is 28.6. The van der Waals surface area contributed by atoms with Crippen molar-refractivity contribution in [1.82, 2.24) is 0 Å². The maximum atomic E-state index is 3.87. The smallest absolute Gasteiger partial charge is 0.0323 e. The third-order valence-corrected chi connectivity index (χ3v) is 5.42. The lowest BCUT2D eigenvalue weighted by molar-refractivity contribution is 0.612. The quantitative estimate of drug-likeness (QED) is 0.165. The van der Waals surface area contributed by atoms with Crippen molar-refractivity contribution in [3.05, 3.63) is 72.2 Å². The molecule has 0 unspecified atom stereocenters. The van der Waals surface area contributed by atoms with Gasteiger partial charge in [-0.05, 0) is 90.4 Å². The van der Waals surface area contributed by atoms with E-state index in [1.54, 1.807) is 5.41 Å². The van der Waals surface area contributed by atoms with Gasteiger partial charge in [-0.3, -0.25) is 0 Å². The number of unbranched alkanes of at least 4 members (excludes halogenated alkanes) is 1. The molecule has 0 heterocycles. The number of allylic oxidation sites excluding steroid dienone is 8. The molecule has 1 aliphatic carbocycles. The number of hydrogen-bond acceptors (Lipinski definition) is 1. The molecule has 0 aromatic rings. The first-order chi connectivity index (χ1) is 18.1. The molecule has 0 amide bonds. The van der Waals surface area contributed by atoms with E-state index in [1.165, 1.54) is 68.1 Å². The van der Waals surface area contributed by atoms with E-state index in [2.05, 4.69) is 106 Å². The molecule has 1 heteroatoms. The number of rotatable bonds is 9. The van der Waals surface area contributed by atoms with Crippen molar-refractivity contribution >= 4 is 12.6 Å². The summed E-state index contributed by atoms with van der Waals surface area (Å²) in [5.74, 6) is 1.05. The minimum atomic E-state index is 1.05. The fraction of sp³-hybridized carbons (Fsp3) is 0.676. The molecule has 1 fully saturated rings. The Balaban J connectivity index is -0.0000000830. The second-order valence-electron chi connectivity index (χ2n) is 9.42. The Morgan fingerprint density at radius 3 is 1.42 bits per heavy atom. The van der Waals surface area contributed by atoms with Gasteiger partial charge in [-0.2, -0.15) is 12.6 Å². The van der Waals surface area contributed by atoms with E-state index < -0.39 is 0 Å². The highest BCUT2D eigenvalue weighted by Crippen LogP contribution is 2.22. The van der Waals surface area contributed by atoms with Gasteiger partial charge in [-0.15, -0.1) is 19.7 Å². The summed E-state index contributed by atoms with van der Waals surface area (Å²) in [6, 6.07) is 0. The van der Waals surface area contributed by atoms with Gasteiger partial charge < -0.3 is 0 Å². The van der Waals surface area contributed by atoms with Crippen LogP contribution in [0.4, 0.5) is 0 Å². The monoisotopic (exact) mass is 551 g/mol. The Kier molecular flexibility index (Phi) is 68.4. The predicted molar refractivity (Wildman–Crippen MR) is 191 cm³/mol. The molecule has 0 aromatic carbocycles. The zero-order valence-corrected chi connectivity index (χ0v) is 29.5. The molecule has 0 aliphatic heterocycles. The molecular weight excluding hydrogens is 476 g/mol. The Morgan fingerprint density at radius 1 is 0.816 bits per heavy atom. The first-order valence-corrected chi connectivity index (χ1v) is 16.0. The first-order valence-electron chi connectivity index (χ1n) is 15.5. The van der Waals surface area contributed by atoms with Crippen LogP contribution >= 0.6 is 12.6 Å². The highest BCUT2D eigenvalue weighted by Gasteiger charge is 2.07. The molecule has 0 bridgehead atoms. The molecule has 0 aromatic heterocycles. The van der Waals surface area contributed by atoms with Gasteiger partial charge in [0.1, 0.15) is 0 Å². The van der Waals surface area contributed by atoms with Crippen LogP contribution in [0.5, 0.6) is 0 Å². The van der Waals surface area contributed by atoms with E-state index in [9.17, 15) is 0 Å². The lowest BCUT2D eigenvalue weighted by atomic mass is 10.1. The molecule has 0 spiro atoms. The minimum Gasteiger partial charge on any atom is -0.152 e. The molecule has 0 atom stereocenters. The van der Waals surface area contributed by atoms with Crippen molar-refractivity contribution in [2.75, 3.05) is 0 Å². The molecule has 1 aliphatic rings. The summed E-state index contributed by atoms with van der Waals surface area (Å²) < 4.78 is 0. The van der Waals surface area contributed by atoms with E-state index in [1.807, 2.05) is 39.8 Å². The summed E-state index contributed by atoms with van der Waals surface area (Å²) in [7, 11) is 0. The molecule has 228 valence electrons. The highest BCUT2D eigenvalue weighted by atomic mass is 32.1. The Bertz CT molecular complexity index is 501. The molecule has 1 saturated carbocycles. The van der Waals surface area contributed by atoms with E-state index in [-0.39, 0.29) is 0 Å². The summed E-state index contributed by atoms with van der Waals surface area (Å²) in [4.78, 5) is 0. The Hall–Kier alpha value is -1.21. The van der Waals surface area contributed by atoms with E-state index in [0.29, 0.717) is 0 Å². The highest BCUT2D eigenvalue weighted by molar-refractivity contribution is 7.83. The number of thiol groups is 1. The zero-order chi connectivity index (χ0) is 31.0. The summed E-state index contributed by atoms with van der Waals surface area (Å²) in [5, 5.41) is 1.75. The van der Waals surface area contributed by atoms with Crippen LogP contribution in [0.2, 0.25) is 0 Å². The molecule has 0 nitrogen and oxygen atoms in total. The third-order valence-electron chi connectivity index (χ3n) is 5.21. The van der Waals surface area contributed by atoms with Gasteiger partial charge in [-0.25, -0.2) is 0 Å². The molecular formula is C37H74S. The van der Waals surface area contributed by atoms with Gasteiger partial charge in [0.25, 0.3) is 0 Å². The summed E-state index contributed by atoms with van der Waals surface area (Å²) in [6.45, 7) is 36.3. The molecule has 1 rings (SSSR count). The lowest BCUT2D eigenvalue weighted by Crippen LogP contribution is -1.78. The average molecular weight is 551 g/mol. The van der Waals surface area contributed by atoms with Gasteiger partial charge in [0.2, 0.25) is 0 Å². The van der Waals surface area contributed by atoms with Gasteiger partial charge in [0.15, 0.2) is 0 Å². The van der Waals surface area contributed by atoms with Crippen LogP contribution in [0.15, 0.2) is 72.2 Å². The predicted octanol–water partition coefficient (Wildman–Crippen LogP) is 14.7. The van der Waals surface area contributed by atoms with Gasteiger partial charge in [-0.1, -0.05) is 128 Å². The summed E-state index contributed by atoms with van der Waals surface area (Å²) >= 11 is 3.82. The van der Waals surface area contributed by atoms with Crippen molar-refractivity contribution in [3.8, 4) is 0 Å². The van der Waals surface area contributed by atoms with Crippen LogP contribution in [0.3, 0.4) is 0 Å². The molecule has 0 saturated heterocycles. The van der Waals surface area contributed by atoms with Crippen LogP contribution in [0.1, 0.15) is 160 Å². The maximum Gasteiger partial charge on any atom is -0.0323 e. The van der Waals surface area contributed by atoms with Crippen LogP contribution in [-0.2, 0) is 0 Å². The van der Waals surface area contributed by atoms with Crippen LogP contribution in [-0.4, -0.2) is 0 Å². The van der Waals surface area contributed by atoms with Gasteiger partial charge in [0.05, 0.1) is 0 Å². The van der Waals surface area contributed by atoms with Crippen LogP contribution in [0, 0.1) is 5.92 Å². The molecule has 0 N–H and O–H groups in total. The van der Waals surface area contributed by atoms with Gasteiger partial charge >= 0.3 is 0 Å². The Morgan fingerprint density at radius 2 is 1.26 bits per heavy atom. The topological polar surface area (TPSA) is 0 Å². The van der Waals surface area contributed by atoms with Crippen molar-refractivity contribution in [2.24, 2.45) is 5.92 Å². The fourth-order valence-electron chi connectivity index (χ4n) is 2.37. The standard InChI is InChI=1S/C11H20.C6H12.2C5H10.C4H8S.C4H8.C2H6/c1-5-11(4)9-7-6-8-10(2)3;1-6-4-2-3-5-6;1-4-5(2)3;1-3-5-4-2;1-2-3-4-5;1-3-4-2;1-2/h9H,2,5-8H2,1,3-4H3;6H,2-5H2,1H3;2,4H2,1,3H3;3,5H,4H2,1-2H3;3-5H,2H2,1H3;3H,1,4H2,2H3;1-2H3/b11-9-;;;5-3-;4-3+;;. The second kappa shape index (κ2) is 52.3. The van der Waals surface area contributed by atoms with Crippen molar-refractivity contribution in [3.63, 3.8) is 0 Å². The molecule has 0 radical (unpaired) electrons. The van der Waals surface area contributed by atoms with Crippen LogP contribution < -0.4 is 0 Å². The van der Waals surface area contributed by atoms with E-state index in [4.69, 9.17) is 0 Å². The Labute approximate surface area is 250 Å². The number of hydrogen-bond donors (Lipinski definition) is 1. The second-order valence-corrected chi connectivity index (χ2v) is 9.72. The third kappa shape index (κ3) is 83.7. The summed E-state index contributed by atoms with van der Waals surface area (Å²) in [6.07, 6.45) is 25.6. The van der Waals surface area contributed by atoms with Crippen LogP contribution in [0.25, 0.3) is 0 Å². The van der Waals surface area contributed by atoms with Crippen molar-refractivity contribution in [2.45, 2.75) is 160 Å². The maximum absolute atomic E-state index is 3.87. The summed E-state index contributed by atoms with van der Waals surface area (Å²) in [5.41, 5.74) is 4.06. The minimum absolute atomic E-state index is 1.05. The fourth-order valence-corrected chi connectivity index (χ4v) is 2.58. The van der Waals surface area contributed by atoms with Gasteiger partial charge in [0, 0.05) is 0 Å².